The van der Waals surface area contributed by atoms with E-state index in [4.69, 9.17) is 0 Å². The molecule has 0 amide bonds. The molecule has 0 spiro atoms. The first kappa shape index (κ1) is 13.7. The second-order valence-electron chi connectivity index (χ2n) is 4.56. The number of rotatable bonds is 6. The monoisotopic (exact) mass is 236 g/mol. The van der Waals surface area contributed by atoms with Crippen molar-refractivity contribution in [3.05, 3.63) is 11.9 Å². The van der Waals surface area contributed by atoms with Crippen LogP contribution in [-0.2, 0) is 0 Å². The molecule has 0 saturated heterocycles. The van der Waals surface area contributed by atoms with E-state index in [0.29, 0.717) is 12.0 Å². The molecule has 0 atom stereocenters. The zero-order valence-electron chi connectivity index (χ0n) is 11.5. The van der Waals surface area contributed by atoms with Crippen molar-refractivity contribution < 1.29 is 0 Å². The lowest BCUT2D eigenvalue weighted by Gasteiger charge is -2.17. The van der Waals surface area contributed by atoms with E-state index in [9.17, 15) is 0 Å². The van der Waals surface area contributed by atoms with Crippen LogP contribution in [0.3, 0.4) is 0 Å². The van der Waals surface area contributed by atoms with Crippen LogP contribution < -0.4 is 10.6 Å². The maximum absolute atomic E-state index is 4.55. The first-order valence-electron chi connectivity index (χ1n) is 6.43. The Bertz CT molecular complexity index is 345. The first-order chi connectivity index (χ1) is 8.10. The summed E-state index contributed by atoms with van der Waals surface area (Å²) in [5.41, 5.74) is 0. The molecule has 0 bridgehead atoms. The predicted molar refractivity (Wildman–Crippen MR) is 73.7 cm³/mol. The van der Waals surface area contributed by atoms with Crippen molar-refractivity contribution in [1.29, 1.82) is 0 Å². The number of hydrogen-bond acceptors (Lipinski definition) is 4. The third-order valence-corrected chi connectivity index (χ3v) is 2.85. The van der Waals surface area contributed by atoms with Gasteiger partial charge in [-0.2, -0.15) is 0 Å². The molecule has 0 aliphatic heterocycles. The van der Waals surface area contributed by atoms with Crippen LogP contribution in [-0.4, -0.2) is 23.1 Å². The van der Waals surface area contributed by atoms with Gasteiger partial charge in [0.1, 0.15) is 17.5 Å². The fourth-order valence-corrected chi connectivity index (χ4v) is 1.63. The van der Waals surface area contributed by atoms with E-state index in [1.54, 1.807) is 0 Å². The molecular weight excluding hydrogens is 212 g/mol. The zero-order valence-corrected chi connectivity index (χ0v) is 11.5. The molecule has 0 aliphatic rings. The summed E-state index contributed by atoms with van der Waals surface area (Å²) in [4.78, 5) is 9.00. The predicted octanol–water partition coefficient (Wildman–Crippen LogP) is 3.24. The summed E-state index contributed by atoms with van der Waals surface area (Å²) in [5.74, 6) is 3.01. The normalized spacial score (nSPS) is 11.0. The Morgan fingerprint density at radius 3 is 2.18 bits per heavy atom. The van der Waals surface area contributed by atoms with Crippen LogP contribution in [0, 0.1) is 0 Å². The van der Waals surface area contributed by atoms with Gasteiger partial charge in [-0.15, -0.1) is 0 Å². The van der Waals surface area contributed by atoms with E-state index < -0.39 is 0 Å². The molecule has 17 heavy (non-hydrogen) atoms. The second-order valence-corrected chi connectivity index (χ2v) is 4.56. The minimum atomic E-state index is 0.338. The maximum atomic E-state index is 4.55. The highest BCUT2D eigenvalue weighted by Crippen LogP contribution is 2.18. The zero-order chi connectivity index (χ0) is 12.8. The van der Waals surface area contributed by atoms with Gasteiger partial charge in [-0.3, -0.25) is 0 Å². The fraction of sp³-hybridized carbons (Fsp3) is 0.692. The summed E-state index contributed by atoms with van der Waals surface area (Å²) in [7, 11) is 1.88. The fourth-order valence-electron chi connectivity index (χ4n) is 1.63. The SMILES string of the molecule is CCC(CC)Nc1cc(NC)nc(C(C)C)n1. The molecule has 0 radical (unpaired) electrons. The lowest BCUT2D eigenvalue weighted by Crippen LogP contribution is -2.19. The first-order valence-corrected chi connectivity index (χ1v) is 6.43. The van der Waals surface area contributed by atoms with Crippen molar-refractivity contribution >= 4 is 11.6 Å². The summed E-state index contributed by atoms with van der Waals surface area (Å²) in [6, 6.07) is 2.44. The molecule has 96 valence electrons. The van der Waals surface area contributed by atoms with Gasteiger partial charge >= 0.3 is 0 Å². The molecule has 1 rings (SSSR count). The molecule has 0 unspecified atom stereocenters. The van der Waals surface area contributed by atoms with E-state index in [2.05, 4.69) is 48.3 Å². The van der Waals surface area contributed by atoms with E-state index in [0.717, 1.165) is 30.3 Å². The summed E-state index contributed by atoms with van der Waals surface area (Å²) in [5, 5.41) is 6.54. The van der Waals surface area contributed by atoms with E-state index in [-0.39, 0.29) is 0 Å². The quantitative estimate of drug-likeness (QED) is 0.796. The van der Waals surface area contributed by atoms with E-state index in [1.165, 1.54) is 0 Å². The van der Waals surface area contributed by atoms with Gasteiger partial charge < -0.3 is 10.6 Å². The summed E-state index contributed by atoms with van der Waals surface area (Å²) < 4.78 is 0. The molecule has 0 saturated carbocycles. The molecule has 1 heterocycles. The number of hydrogen-bond donors (Lipinski definition) is 2. The van der Waals surface area contributed by atoms with Crippen LogP contribution in [0.5, 0.6) is 0 Å². The summed E-state index contributed by atoms with van der Waals surface area (Å²) in [6.07, 6.45) is 2.21. The van der Waals surface area contributed by atoms with Gasteiger partial charge in [-0.05, 0) is 12.8 Å². The van der Waals surface area contributed by atoms with Gasteiger partial charge in [0.25, 0.3) is 0 Å². The van der Waals surface area contributed by atoms with E-state index in [1.807, 2.05) is 13.1 Å². The number of aromatic nitrogens is 2. The number of nitrogens with zero attached hydrogens (tertiary/aromatic N) is 2. The van der Waals surface area contributed by atoms with Crippen molar-refractivity contribution in [2.45, 2.75) is 52.5 Å². The highest BCUT2D eigenvalue weighted by molar-refractivity contribution is 5.48. The van der Waals surface area contributed by atoms with Gasteiger partial charge in [-0.1, -0.05) is 27.7 Å². The van der Waals surface area contributed by atoms with Gasteiger partial charge in [0.15, 0.2) is 0 Å². The van der Waals surface area contributed by atoms with Gasteiger partial charge in [0.2, 0.25) is 0 Å². The summed E-state index contributed by atoms with van der Waals surface area (Å²) >= 11 is 0. The molecule has 1 aromatic heterocycles. The largest absolute Gasteiger partial charge is 0.373 e. The van der Waals surface area contributed by atoms with Crippen molar-refractivity contribution in [2.24, 2.45) is 0 Å². The van der Waals surface area contributed by atoms with E-state index >= 15 is 0 Å². The lowest BCUT2D eigenvalue weighted by atomic mass is 10.1. The Hall–Kier alpha value is -1.32. The maximum Gasteiger partial charge on any atom is 0.135 e. The minimum absolute atomic E-state index is 0.338. The van der Waals surface area contributed by atoms with Crippen LogP contribution in [0.4, 0.5) is 11.6 Å². The van der Waals surface area contributed by atoms with Gasteiger partial charge in [0.05, 0.1) is 0 Å². The average molecular weight is 236 g/mol. The van der Waals surface area contributed by atoms with Crippen LogP contribution in [0.2, 0.25) is 0 Å². The van der Waals surface area contributed by atoms with Crippen LogP contribution >= 0.6 is 0 Å². The summed E-state index contributed by atoms with van der Waals surface area (Å²) in [6.45, 7) is 8.58. The third kappa shape index (κ3) is 3.88. The second kappa shape index (κ2) is 6.42. The van der Waals surface area contributed by atoms with Crippen molar-refractivity contribution in [3.63, 3.8) is 0 Å². The van der Waals surface area contributed by atoms with Gasteiger partial charge in [0, 0.05) is 25.1 Å². The molecule has 0 aromatic carbocycles. The molecule has 0 aliphatic carbocycles. The van der Waals surface area contributed by atoms with Crippen LogP contribution in [0.25, 0.3) is 0 Å². The molecule has 0 fully saturated rings. The molecule has 4 heteroatoms. The highest BCUT2D eigenvalue weighted by Gasteiger charge is 2.09. The van der Waals surface area contributed by atoms with Crippen molar-refractivity contribution in [1.82, 2.24) is 9.97 Å². The Morgan fingerprint density at radius 2 is 1.71 bits per heavy atom. The Labute approximate surface area is 104 Å². The van der Waals surface area contributed by atoms with Crippen molar-refractivity contribution in [3.8, 4) is 0 Å². The smallest absolute Gasteiger partial charge is 0.135 e. The third-order valence-electron chi connectivity index (χ3n) is 2.85. The Balaban J connectivity index is 2.94. The average Bonchev–Trinajstić information content (AvgIpc) is 2.35. The topological polar surface area (TPSA) is 49.8 Å². The van der Waals surface area contributed by atoms with Crippen LogP contribution in [0.1, 0.15) is 52.3 Å². The molecule has 2 N–H and O–H groups in total. The highest BCUT2D eigenvalue weighted by atomic mass is 15.1. The molecular formula is C13H24N4. The van der Waals surface area contributed by atoms with Crippen LogP contribution in [0.15, 0.2) is 6.07 Å². The molecule has 1 aromatic rings. The Morgan fingerprint density at radius 1 is 1.12 bits per heavy atom. The lowest BCUT2D eigenvalue weighted by molar-refractivity contribution is 0.665. The number of anilines is 2. The minimum Gasteiger partial charge on any atom is -0.373 e. The number of nitrogens with one attached hydrogen (secondary N) is 2. The Kier molecular flexibility index (Phi) is 5.19. The molecule has 4 nitrogen and oxygen atoms in total. The van der Waals surface area contributed by atoms with Crippen molar-refractivity contribution in [2.75, 3.05) is 17.7 Å². The standard InChI is InChI=1S/C13H24N4/c1-6-10(7-2)15-12-8-11(14-5)16-13(17-12)9(3)4/h8-10H,6-7H2,1-5H3,(H2,14,15,16,17). The van der Waals surface area contributed by atoms with Gasteiger partial charge in [-0.25, -0.2) is 9.97 Å².